The molecular formula is C16H17Cl2N3O2. The molecule has 1 aromatic carbocycles. The second-order valence-corrected chi connectivity index (χ2v) is 6.67. The predicted molar refractivity (Wildman–Crippen MR) is 87.5 cm³/mol. The van der Waals surface area contributed by atoms with Crippen molar-refractivity contribution in [3.8, 4) is 0 Å². The molecule has 7 heteroatoms. The van der Waals surface area contributed by atoms with Crippen molar-refractivity contribution in [3.05, 3.63) is 45.5 Å². The normalized spacial score (nSPS) is 16.5. The topological polar surface area (TPSA) is 68.0 Å². The van der Waals surface area contributed by atoms with E-state index >= 15 is 0 Å². The van der Waals surface area contributed by atoms with Crippen LogP contribution in [0.2, 0.25) is 10.0 Å². The summed E-state index contributed by atoms with van der Waals surface area (Å²) >= 11 is 12.3. The van der Waals surface area contributed by atoms with Gasteiger partial charge in [0.1, 0.15) is 5.54 Å². The van der Waals surface area contributed by atoms with Gasteiger partial charge < -0.3 is 9.84 Å². The molecule has 5 nitrogen and oxygen atoms in total. The molecule has 122 valence electrons. The lowest BCUT2D eigenvalue weighted by atomic mass is 9.96. The molecule has 3 rings (SSSR count). The summed E-state index contributed by atoms with van der Waals surface area (Å²) in [6.45, 7) is 1.74. The van der Waals surface area contributed by atoms with Gasteiger partial charge in [-0.1, -0.05) is 47.3 Å². The molecule has 0 spiro atoms. The van der Waals surface area contributed by atoms with Crippen LogP contribution in [0.5, 0.6) is 0 Å². The van der Waals surface area contributed by atoms with Gasteiger partial charge in [0.25, 0.3) is 0 Å². The molecule has 1 saturated carbocycles. The van der Waals surface area contributed by atoms with Crippen LogP contribution in [0.3, 0.4) is 0 Å². The van der Waals surface area contributed by atoms with Gasteiger partial charge in [-0.05, 0) is 30.5 Å². The van der Waals surface area contributed by atoms with Gasteiger partial charge in [-0.3, -0.25) is 4.79 Å². The second kappa shape index (κ2) is 6.49. The van der Waals surface area contributed by atoms with E-state index in [-0.39, 0.29) is 12.3 Å². The highest BCUT2D eigenvalue weighted by Crippen LogP contribution is 2.37. The highest BCUT2D eigenvalue weighted by Gasteiger charge is 2.41. The maximum Gasteiger partial charge on any atom is 0.225 e. The van der Waals surface area contributed by atoms with E-state index in [2.05, 4.69) is 15.5 Å². The third-order valence-electron chi connectivity index (χ3n) is 4.19. The van der Waals surface area contributed by atoms with Crippen LogP contribution in [0.4, 0.5) is 0 Å². The largest absolute Gasteiger partial charge is 0.343 e. The number of halogens is 2. The lowest BCUT2D eigenvalue weighted by Crippen LogP contribution is -2.45. The van der Waals surface area contributed by atoms with E-state index in [9.17, 15) is 4.79 Å². The Kier molecular flexibility index (Phi) is 4.60. The van der Waals surface area contributed by atoms with E-state index in [4.69, 9.17) is 27.7 Å². The van der Waals surface area contributed by atoms with E-state index in [1.165, 1.54) is 0 Å². The molecule has 23 heavy (non-hydrogen) atoms. The number of aromatic nitrogens is 2. The summed E-state index contributed by atoms with van der Waals surface area (Å²) in [7, 11) is 0. The summed E-state index contributed by atoms with van der Waals surface area (Å²) in [5, 5.41) is 8.07. The number of carbonyl (C=O) groups excluding carboxylic acids is 1. The fourth-order valence-corrected chi connectivity index (χ4v) is 3.58. The van der Waals surface area contributed by atoms with Crippen molar-refractivity contribution in [2.75, 3.05) is 0 Å². The minimum Gasteiger partial charge on any atom is -0.343 e. The molecule has 2 aromatic rings. The molecule has 1 heterocycles. The monoisotopic (exact) mass is 353 g/mol. The van der Waals surface area contributed by atoms with Crippen LogP contribution in [0, 0.1) is 6.92 Å². The first-order chi connectivity index (χ1) is 11.0. The zero-order valence-electron chi connectivity index (χ0n) is 12.7. The number of benzene rings is 1. The first-order valence-electron chi connectivity index (χ1n) is 7.55. The molecule has 1 amide bonds. The lowest BCUT2D eigenvalue weighted by Gasteiger charge is -2.27. The molecular weight excluding hydrogens is 337 g/mol. The van der Waals surface area contributed by atoms with Crippen molar-refractivity contribution in [2.24, 2.45) is 0 Å². The van der Waals surface area contributed by atoms with Gasteiger partial charge in [0.15, 0.2) is 5.82 Å². The Bertz CT molecular complexity index is 704. The first kappa shape index (κ1) is 16.3. The zero-order chi connectivity index (χ0) is 16.4. The predicted octanol–water partition coefficient (Wildman–Crippen LogP) is 3.81. The van der Waals surface area contributed by atoms with Crippen LogP contribution in [-0.2, 0) is 16.8 Å². The van der Waals surface area contributed by atoms with Crippen molar-refractivity contribution < 1.29 is 9.32 Å². The maximum atomic E-state index is 12.5. The van der Waals surface area contributed by atoms with Gasteiger partial charge in [0.2, 0.25) is 11.8 Å². The molecule has 1 fully saturated rings. The summed E-state index contributed by atoms with van der Waals surface area (Å²) in [6.07, 6.45) is 3.75. The number of rotatable bonds is 4. The fourth-order valence-electron chi connectivity index (χ4n) is 3.05. The quantitative estimate of drug-likeness (QED) is 0.907. The summed E-state index contributed by atoms with van der Waals surface area (Å²) in [6, 6.07) is 5.21. The van der Waals surface area contributed by atoms with Crippen LogP contribution >= 0.6 is 23.2 Å². The van der Waals surface area contributed by atoms with Gasteiger partial charge in [0, 0.05) is 17.0 Å². The van der Waals surface area contributed by atoms with Gasteiger partial charge in [-0.25, -0.2) is 0 Å². The van der Waals surface area contributed by atoms with Crippen molar-refractivity contribution in [1.82, 2.24) is 15.5 Å². The van der Waals surface area contributed by atoms with Crippen LogP contribution in [-0.4, -0.2) is 16.0 Å². The molecule has 0 bridgehead atoms. The Morgan fingerprint density at radius 3 is 2.52 bits per heavy atom. The molecule has 1 aromatic heterocycles. The number of hydrogen-bond acceptors (Lipinski definition) is 4. The zero-order valence-corrected chi connectivity index (χ0v) is 14.2. The molecule has 0 unspecified atom stereocenters. The third kappa shape index (κ3) is 3.35. The maximum absolute atomic E-state index is 12.5. The Hall–Kier alpha value is -1.59. The SMILES string of the molecule is Cc1nc(C2(NC(=O)Cc3c(Cl)cccc3Cl)CCCC2)no1. The van der Waals surface area contributed by atoms with E-state index in [0.717, 1.165) is 25.7 Å². The van der Waals surface area contributed by atoms with E-state index in [0.29, 0.717) is 27.3 Å². The van der Waals surface area contributed by atoms with Crippen LogP contribution < -0.4 is 5.32 Å². The van der Waals surface area contributed by atoms with E-state index in [1.54, 1.807) is 25.1 Å². The average molecular weight is 354 g/mol. The number of carbonyl (C=O) groups is 1. The Labute approximate surface area is 144 Å². The standard InChI is InChI=1S/C16H17Cl2N3O2/c1-10-19-15(21-23-10)16(7-2-3-8-16)20-14(22)9-11-12(17)5-4-6-13(11)18/h4-6H,2-3,7-9H2,1H3,(H,20,22). The molecule has 0 radical (unpaired) electrons. The number of hydrogen-bond donors (Lipinski definition) is 1. The Balaban J connectivity index is 1.80. The Morgan fingerprint density at radius 2 is 1.96 bits per heavy atom. The molecule has 0 atom stereocenters. The number of nitrogens with zero attached hydrogens (tertiary/aromatic N) is 2. The highest BCUT2D eigenvalue weighted by atomic mass is 35.5. The minimum atomic E-state index is -0.553. The Morgan fingerprint density at radius 1 is 1.30 bits per heavy atom. The second-order valence-electron chi connectivity index (χ2n) is 5.85. The third-order valence-corrected chi connectivity index (χ3v) is 4.90. The van der Waals surface area contributed by atoms with Crippen molar-refractivity contribution in [3.63, 3.8) is 0 Å². The van der Waals surface area contributed by atoms with Crippen molar-refractivity contribution >= 4 is 29.1 Å². The molecule has 0 saturated heterocycles. The van der Waals surface area contributed by atoms with E-state index in [1.807, 2.05) is 0 Å². The smallest absolute Gasteiger partial charge is 0.225 e. The fraction of sp³-hybridized carbons (Fsp3) is 0.438. The van der Waals surface area contributed by atoms with Gasteiger partial charge in [-0.2, -0.15) is 4.98 Å². The first-order valence-corrected chi connectivity index (χ1v) is 8.30. The summed E-state index contributed by atoms with van der Waals surface area (Å²) < 4.78 is 5.09. The van der Waals surface area contributed by atoms with Gasteiger partial charge in [-0.15, -0.1) is 0 Å². The number of amides is 1. The van der Waals surface area contributed by atoms with Gasteiger partial charge >= 0.3 is 0 Å². The highest BCUT2D eigenvalue weighted by molar-refractivity contribution is 6.36. The lowest BCUT2D eigenvalue weighted by molar-refractivity contribution is -0.122. The summed E-state index contributed by atoms with van der Waals surface area (Å²) in [5.41, 5.74) is 0.0773. The average Bonchev–Trinajstić information content (AvgIpc) is 3.13. The van der Waals surface area contributed by atoms with E-state index < -0.39 is 5.54 Å². The molecule has 1 aliphatic carbocycles. The van der Waals surface area contributed by atoms with Crippen LogP contribution in [0.1, 0.15) is 43.0 Å². The molecule has 0 aliphatic heterocycles. The van der Waals surface area contributed by atoms with Gasteiger partial charge in [0.05, 0.1) is 6.42 Å². The van der Waals surface area contributed by atoms with Crippen molar-refractivity contribution in [1.29, 1.82) is 0 Å². The molecule has 1 aliphatic rings. The summed E-state index contributed by atoms with van der Waals surface area (Å²) in [4.78, 5) is 16.9. The molecule has 1 N–H and O–H groups in total. The van der Waals surface area contributed by atoms with Crippen molar-refractivity contribution in [2.45, 2.75) is 44.6 Å². The van der Waals surface area contributed by atoms with Crippen LogP contribution in [0.25, 0.3) is 0 Å². The number of aryl methyl sites for hydroxylation is 1. The van der Waals surface area contributed by atoms with Crippen LogP contribution in [0.15, 0.2) is 22.7 Å². The minimum absolute atomic E-state index is 0.122. The number of nitrogens with one attached hydrogen (secondary N) is 1. The summed E-state index contributed by atoms with van der Waals surface area (Å²) in [5.74, 6) is 0.894.